The van der Waals surface area contributed by atoms with E-state index in [4.69, 9.17) is 4.74 Å². The molecule has 0 aliphatic carbocycles. The summed E-state index contributed by atoms with van der Waals surface area (Å²) in [5, 5.41) is 0.886. The number of aromatic amines is 1. The third-order valence-electron chi connectivity index (χ3n) is 6.15. The third kappa shape index (κ3) is 4.37. The smallest absolute Gasteiger partial charge is 0.252 e. The van der Waals surface area contributed by atoms with Gasteiger partial charge in [-0.3, -0.25) is 4.79 Å². The molecule has 1 unspecified atom stereocenters. The number of hydrogen-bond acceptors (Lipinski definition) is 4. The lowest BCUT2D eigenvalue weighted by Gasteiger charge is -2.26. The number of pyridine rings is 1. The Kier molecular flexibility index (Phi) is 6.25. The second kappa shape index (κ2) is 8.81. The van der Waals surface area contributed by atoms with Crippen molar-refractivity contribution in [2.24, 2.45) is 0 Å². The van der Waals surface area contributed by atoms with Gasteiger partial charge in [0.05, 0.1) is 16.5 Å². The third-order valence-corrected chi connectivity index (χ3v) is 8.26. The lowest BCUT2D eigenvalue weighted by molar-refractivity contribution is 0.0925. The number of fused-ring (bicyclic) bond motifs is 1. The Morgan fingerprint density at radius 2 is 1.78 bits per heavy atom. The summed E-state index contributed by atoms with van der Waals surface area (Å²) in [6.07, 6.45) is 1.56. The quantitative estimate of drug-likeness (QED) is 0.607. The van der Waals surface area contributed by atoms with Gasteiger partial charge in [0.1, 0.15) is 0 Å². The average Bonchev–Trinajstić information content (AvgIpc) is 3.21. The molecular formula is C25H30N2O4S. The maximum absolute atomic E-state index is 13.9. The molecule has 170 valence electrons. The number of hydrogen-bond donors (Lipinski definition) is 1. The van der Waals surface area contributed by atoms with Gasteiger partial charge < -0.3 is 9.72 Å². The minimum Gasteiger partial charge on any atom is -0.377 e. The first-order chi connectivity index (χ1) is 15.2. The SMILES string of the molecule is Cc1cc(C)c(S(=O)(=O)N(Cc2cc3cccc(C)c3[nH]c2=O)CC2CCCO2)c(C)c1. The fourth-order valence-corrected chi connectivity index (χ4v) is 6.56. The molecule has 1 N–H and O–H groups in total. The summed E-state index contributed by atoms with van der Waals surface area (Å²) in [4.78, 5) is 16.1. The molecule has 1 saturated heterocycles. The van der Waals surface area contributed by atoms with Gasteiger partial charge in [0, 0.05) is 25.3 Å². The van der Waals surface area contributed by atoms with Crippen LogP contribution in [0.25, 0.3) is 10.9 Å². The van der Waals surface area contributed by atoms with Crippen LogP contribution < -0.4 is 5.56 Å². The van der Waals surface area contributed by atoms with Gasteiger partial charge in [-0.05, 0) is 68.7 Å². The van der Waals surface area contributed by atoms with Crippen molar-refractivity contribution in [1.29, 1.82) is 0 Å². The number of rotatable bonds is 6. The fourth-order valence-electron chi connectivity index (χ4n) is 4.70. The van der Waals surface area contributed by atoms with Gasteiger partial charge in [0.25, 0.3) is 5.56 Å². The van der Waals surface area contributed by atoms with E-state index in [1.807, 2.05) is 58.0 Å². The molecule has 0 radical (unpaired) electrons. The van der Waals surface area contributed by atoms with Crippen LogP contribution in [-0.2, 0) is 21.3 Å². The Bertz CT molecular complexity index is 1300. The Morgan fingerprint density at radius 1 is 1.06 bits per heavy atom. The first-order valence-electron chi connectivity index (χ1n) is 11.0. The van der Waals surface area contributed by atoms with Crippen LogP contribution in [0.4, 0.5) is 0 Å². The summed E-state index contributed by atoms with van der Waals surface area (Å²) in [5.74, 6) is 0. The van der Waals surface area contributed by atoms with Gasteiger partial charge >= 0.3 is 0 Å². The monoisotopic (exact) mass is 454 g/mol. The molecule has 1 fully saturated rings. The van der Waals surface area contributed by atoms with Crippen molar-refractivity contribution in [3.8, 4) is 0 Å². The van der Waals surface area contributed by atoms with Gasteiger partial charge in [-0.15, -0.1) is 0 Å². The molecule has 4 rings (SSSR count). The number of sulfonamides is 1. The molecule has 0 spiro atoms. The molecule has 6 nitrogen and oxygen atoms in total. The maximum atomic E-state index is 13.9. The normalized spacial score (nSPS) is 16.8. The molecule has 32 heavy (non-hydrogen) atoms. The van der Waals surface area contributed by atoms with E-state index in [0.29, 0.717) is 28.2 Å². The van der Waals surface area contributed by atoms with Crippen molar-refractivity contribution >= 4 is 20.9 Å². The van der Waals surface area contributed by atoms with Crippen molar-refractivity contribution in [2.45, 2.75) is 58.1 Å². The summed E-state index contributed by atoms with van der Waals surface area (Å²) in [7, 11) is -3.84. The van der Waals surface area contributed by atoms with Crippen LogP contribution in [0, 0.1) is 27.7 Å². The number of nitrogens with zero attached hydrogens (tertiary/aromatic N) is 1. The molecule has 0 bridgehead atoms. The van der Waals surface area contributed by atoms with E-state index in [1.54, 1.807) is 6.07 Å². The second-order valence-corrected chi connectivity index (χ2v) is 10.7. The van der Waals surface area contributed by atoms with Crippen molar-refractivity contribution < 1.29 is 13.2 Å². The second-order valence-electron chi connectivity index (χ2n) is 8.82. The van der Waals surface area contributed by atoms with Crippen LogP contribution in [0.2, 0.25) is 0 Å². The van der Waals surface area contributed by atoms with Crippen LogP contribution in [-0.4, -0.2) is 37.0 Å². The van der Waals surface area contributed by atoms with E-state index in [2.05, 4.69) is 4.98 Å². The standard InChI is InChI=1S/C25H30N2O4S/c1-16-11-18(3)24(19(4)12-16)32(29,30)27(15-22-9-6-10-31-22)14-21-13-20-8-5-7-17(2)23(20)26-25(21)28/h5,7-8,11-13,22H,6,9-10,14-15H2,1-4H3,(H,26,28). The highest BCUT2D eigenvalue weighted by molar-refractivity contribution is 7.89. The zero-order chi connectivity index (χ0) is 23.0. The zero-order valence-corrected chi connectivity index (χ0v) is 19.9. The van der Waals surface area contributed by atoms with Gasteiger partial charge in [-0.2, -0.15) is 4.31 Å². The number of benzene rings is 2. The number of aryl methyl sites for hydroxylation is 4. The lowest BCUT2D eigenvalue weighted by Crippen LogP contribution is -2.39. The number of H-pyrrole nitrogens is 1. The Morgan fingerprint density at radius 3 is 2.44 bits per heavy atom. The molecule has 7 heteroatoms. The first kappa shape index (κ1) is 22.7. The maximum Gasteiger partial charge on any atom is 0.252 e. The van der Waals surface area contributed by atoms with Crippen molar-refractivity contribution in [2.75, 3.05) is 13.2 Å². The van der Waals surface area contributed by atoms with Gasteiger partial charge in [0.2, 0.25) is 10.0 Å². The number of aromatic nitrogens is 1. The van der Waals surface area contributed by atoms with E-state index in [-0.39, 0.29) is 24.8 Å². The Labute approximate surface area is 189 Å². The van der Waals surface area contributed by atoms with Crippen molar-refractivity contribution in [1.82, 2.24) is 9.29 Å². The predicted molar refractivity (Wildman–Crippen MR) is 127 cm³/mol. The average molecular weight is 455 g/mol. The summed E-state index contributed by atoms with van der Waals surface area (Å²) in [6, 6.07) is 11.4. The van der Waals surface area contributed by atoms with E-state index in [0.717, 1.165) is 34.9 Å². The molecule has 1 atom stereocenters. The van der Waals surface area contributed by atoms with Crippen LogP contribution in [0.5, 0.6) is 0 Å². The molecular weight excluding hydrogens is 424 g/mol. The van der Waals surface area contributed by atoms with Crippen molar-refractivity contribution in [3.63, 3.8) is 0 Å². The van der Waals surface area contributed by atoms with Gasteiger partial charge in [0.15, 0.2) is 0 Å². The minimum atomic E-state index is -3.84. The Hall–Kier alpha value is -2.48. The number of para-hydroxylation sites is 1. The molecule has 2 heterocycles. The van der Waals surface area contributed by atoms with E-state index in [9.17, 15) is 13.2 Å². The highest BCUT2D eigenvalue weighted by atomic mass is 32.2. The van der Waals surface area contributed by atoms with Crippen LogP contribution >= 0.6 is 0 Å². The first-order valence-corrected chi connectivity index (χ1v) is 12.4. The molecule has 0 amide bonds. The Balaban J connectivity index is 1.79. The van der Waals surface area contributed by atoms with Crippen LogP contribution in [0.1, 0.15) is 40.7 Å². The topological polar surface area (TPSA) is 79.5 Å². The van der Waals surface area contributed by atoms with E-state index in [1.165, 1.54) is 4.31 Å². The molecule has 3 aromatic rings. The van der Waals surface area contributed by atoms with Gasteiger partial charge in [-0.1, -0.05) is 35.9 Å². The van der Waals surface area contributed by atoms with Crippen molar-refractivity contribution in [3.05, 3.63) is 74.6 Å². The summed E-state index contributed by atoms with van der Waals surface area (Å²) in [6.45, 7) is 8.39. The zero-order valence-electron chi connectivity index (χ0n) is 19.1. The highest BCUT2D eigenvalue weighted by Crippen LogP contribution is 2.28. The number of ether oxygens (including phenoxy) is 1. The van der Waals surface area contributed by atoms with E-state index < -0.39 is 10.0 Å². The molecule has 2 aromatic carbocycles. The lowest BCUT2D eigenvalue weighted by atomic mass is 10.1. The predicted octanol–water partition coefficient (Wildman–Crippen LogP) is 4.13. The number of nitrogens with one attached hydrogen (secondary N) is 1. The summed E-state index contributed by atoms with van der Waals surface area (Å²) < 4.78 is 34.9. The van der Waals surface area contributed by atoms with Crippen LogP contribution in [0.15, 0.2) is 46.1 Å². The molecule has 1 aliphatic heterocycles. The fraction of sp³-hybridized carbons (Fsp3) is 0.400. The summed E-state index contributed by atoms with van der Waals surface area (Å²) in [5.41, 5.74) is 4.35. The largest absolute Gasteiger partial charge is 0.377 e. The van der Waals surface area contributed by atoms with Crippen LogP contribution in [0.3, 0.4) is 0 Å². The minimum absolute atomic E-state index is 0.00579. The van der Waals surface area contributed by atoms with E-state index >= 15 is 0 Å². The molecule has 0 saturated carbocycles. The summed E-state index contributed by atoms with van der Waals surface area (Å²) >= 11 is 0. The molecule has 1 aliphatic rings. The highest BCUT2D eigenvalue weighted by Gasteiger charge is 2.32. The van der Waals surface area contributed by atoms with Gasteiger partial charge in [-0.25, -0.2) is 8.42 Å². The molecule has 1 aromatic heterocycles.